The molecule has 3 N–H and O–H groups in total. The van der Waals surface area contributed by atoms with Crippen molar-refractivity contribution in [2.24, 2.45) is 0 Å². The van der Waals surface area contributed by atoms with Crippen molar-refractivity contribution in [3.8, 4) is 0 Å². The summed E-state index contributed by atoms with van der Waals surface area (Å²) in [7, 11) is 0. The van der Waals surface area contributed by atoms with Crippen molar-refractivity contribution >= 4 is 46.7 Å². The monoisotopic (exact) mass is 322 g/mol. The smallest absolute Gasteiger partial charge is 0.319 e. The third-order valence-electron chi connectivity index (χ3n) is 2.26. The standard InChI is InChI=1S/C12H16Cl2N2O2S/c1-12(18,7-19-2)6-15-11(17)16-10-4-3-8(13)5-9(10)14/h3-5,18H,6-7H2,1-2H3,(H2,15,16,17). The van der Waals surface area contributed by atoms with E-state index in [1.807, 2.05) is 6.26 Å². The van der Waals surface area contributed by atoms with Gasteiger partial charge in [0.25, 0.3) is 0 Å². The van der Waals surface area contributed by atoms with Crippen LogP contribution in [0.1, 0.15) is 6.92 Å². The summed E-state index contributed by atoms with van der Waals surface area (Å²) >= 11 is 13.2. The maximum absolute atomic E-state index is 11.7. The Labute approximate surface area is 126 Å². The van der Waals surface area contributed by atoms with Gasteiger partial charge in [-0.15, -0.1) is 0 Å². The van der Waals surface area contributed by atoms with E-state index in [4.69, 9.17) is 23.2 Å². The minimum atomic E-state index is -0.944. The minimum Gasteiger partial charge on any atom is -0.387 e. The van der Waals surface area contributed by atoms with E-state index in [0.717, 1.165) is 0 Å². The summed E-state index contributed by atoms with van der Waals surface area (Å²) in [5, 5.41) is 16.0. The van der Waals surface area contributed by atoms with Gasteiger partial charge in [-0.05, 0) is 31.4 Å². The molecule has 0 fully saturated rings. The van der Waals surface area contributed by atoms with Crippen LogP contribution in [0.2, 0.25) is 10.0 Å². The number of hydrogen-bond donors (Lipinski definition) is 3. The lowest BCUT2D eigenvalue weighted by atomic mass is 10.1. The fraction of sp³-hybridized carbons (Fsp3) is 0.417. The summed E-state index contributed by atoms with van der Waals surface area (Å²) in [6.45, 7) is 1.82. The second-order valence-electron chi connectivity index (χ2n) is 4.36. The van der Waals surface area contributed by atoms with Gasteiger partial charge < -0.3 is 15.7 Å². The van der Waals surface area contributed by atoms with Gasteiger partial charge in [-0.1, -0.05) is 23.2 Å². The topological polar surface area (TPSA) is 61.4 Å². The largest absolute Gasteiger partial charge is 0.387 e. The van der Waals surface area contributed by atoms with Crippen LogP contribution in [0.5, 0.6) is 0 Å². The highest BCUT2D eigenvalue weighted by molar-refractivity contribution is 7.98. The van der Waals surface area contributed by atoms with E-state index in [1.54, 1.807) is 25.1 Å². The zero-order chi connectivity index (χ0) is 14.5. The Hall–Kier alpha value is -0.620. The van der Waals surface area contributed by atoms with Gasteiger partial charge in [0, 0.05) is 17.3 Å². The second kappa shape index (κ2) is 7.24. The average Bonchev–Trinajstić information content (AvgIpc) is 2.30. The first kappa shape index (κ1) is 16.4. The van der Waals surface area contributed by atoms with Crippen LogP contribution >= 0.6 is 35.0 Å². The molecule has 0 aliphatic rings. The summed E-state index contributed by atoms with van der Waals surface area (Å²) in [4.78, 5) is 11.7. The number of amides is 2. The van der Waals surface area contributed by atoms with E-state index in [-0.39, 0.29) is 6.54 Å². The van der Waals surface area contributed by atoms with Gasteiger partial charge in [-0.3, -0.25) is 0 Å². The highest BCUT2D eigenvalue weighted by atomic mass is 35.5. The van der Waals surface area contributed by atoms with Crippen LogP contribution in [0, 0.1) is 0 Å². The van der Waals surface area contributed by atoms with Crippen LogP contribution in [0.15, 0.2) is 18.2 Å². The van der Waals surface area contributed by atoms with Gasteiger partial charge in [-0.2, -0.15) is 11.8 Å². The number of carbonyl (C=O) groups is 1. The number of thioether (sulfide) groups is 1. The van der Waals surface area contributed by atoms with Crippen molar-refractivity contribution in [3.63, 3.8) is 0 Å². The van der Waals surface area contributed by atoms with Gasteiger partial charge in [0.2, 0.25) is 0 Å². The van der Waals surface area contributed by atoms with Crippen molar-refractivity contribution in [1.82, 2.24) is 5.32 Å². The molecule has 1 atom stereocenters. The van der Waals surface area contributed by atoms with E-state index >= 15 is 0 Å². The lowest BCUT2D eigenvalue weighted by Gasteiger charge is -2.22. The maximum Gasteiger partial charge on any atom is 0.319 e. The molecule has 0 heterocycles. The second-order valence-corrected chi connectivity index (χ2v) is 6.07. The van der Waals surface area contributed by atoms with Crippen molar-refractivity contribution < 1.29 is 9.90 Å². The van der Waals surface area contributed by atoms with Gasteiger partial charge >= 0.3 is 6.03 Å². The molecule has 1 aromatic carbocycles. The molecule has 7 heteroatoms. The normalized spacial score (nSPS) is 13.7. The molecule has 1 aromatic rings. The van der Waals surface area contributed by atoms with E-state index < -0.39 is 11.6 Å². The van der Waals surface area contributed by atoms with Gasteiger partial charge in [0.15, 0.2) is 0 Å². The predicted octanol–water partition coefficient (Wildman–Crippen LogP) is 3.23. The summed E-state index contributed by atoms with van der Waals surface area (Å²) in [6.07, 6.45) is 1.89. The highest BCUT2D eigenvalue weighted by Crippen LogP contribution is 2.25. The van der Waals surface area contributed by atoms with E-state index in [9.17, 15) is 9.90 Å². The molecule has 0 saturated heterocycles. The van der Waals surface area contributed by atoms with Gasteiger partial charge in [-0.25, -0.2) is 4.79 Å². The number of anilines is 1. The lowest BCUT2D eigenvalue weighted by molar-refractivity contribution is 0.0876. The van der Waals surface area contributed by atoms with E-state index in [0.29, 0.717) is 21.5 Å². The Balaban J connectivity index is 2.52. The number of carbonyl (C=O) groups excluding carboxylic acids is 1. The first-order valence-electron chi connectivity index (χ1n) is 5.55. The third kappa shape index (κ3) is 5.91. The molecule has 0 spiro atoms. The molecule has 0 aliphatic heterocycles. The summed E-state index contributed by atoms with van der Waals surface area (Å²) in [6, 6.07) is 4.37. The van der Waals surface area contributed by atoms with Crippen molar-refractivity contribution in [3.05, 3.63) is 28.2 Å². The molecular weight excluding hydrogens is 307 g/mol. The number of benzene rings is 1. The van der Waals surface area contributed by atoms with Crippen LogP contribution in [-0.2, 0) is 0 Å². The van der Waals surface area contributed by atoms with Crippen LogP contribution in [0.25, 0.3) is 0 Å². The molecule has 1 rings (SSSR count). The molecule has 0 radical (unpaired) electrons. The molecule has 0 bridgehead atoms. The Kier molecular flexibility index (Phi) is 6.26. The number of rotatable bonds is 5. The molecule has 106 valence electrons. The first-order valence-corrected chi connectivity index (χ1v) is 7.70. The summed E-state index contributed by atoms with van der Waals surface area (Å²) < 4.78 is 0. The van der Waals surface area contributed by atoms with E-state index in [1.165, 1.54) is 11.8 Å². The molecule has 2 amide bonds. The van der Waals surface area contributed by atoms with Crippen LogP contribution in [0.4, 0.5) is 10.5 Å². The molecule has 0 saturated carbocycles. The molecule has 0 aromatic heterocycles. The number of nitrogens with one attached hydrogen (secondary N) is 2. The minimum absolute atomic E-state index is 0.158. The van der Waals surface area contributed by atoms with Crippen LogP contribution in [-0.4, -0.2) is 35.3 Å². The highest BCUT2D eigenvalue weighted by Gasteiger charge is 2.20. The van der Waals surface area contributed by atoms with Gasteiger partial charge in [0.1, 0.15) is 0 Å². The average molecular weight is 323 g/mol. The zero-order valence-electron chi connectivity index (χ0n) is 10.7. The Bertz CT molecular complexity index is 455. The number of halogens is 2. The summed E-state index contributed by atoms with van der Waals surface area (Å²) in [5.74, 6) is 0.537. The number of urea groups is 1. The molecule has 1 unspecified atom stereocenters. The molecular formula is C12H16Cl2N2O2S. The fourth-order valence-corrected chi connectivity index (χ4v) is 2.57. The maximum atomic E-state index is 11.7. The molecule has 0 aliphatic carbocycles. The van der Waals surface area contributed by atoms with Gasteiger partial charge in [0.05, 0.1) is 16.3 Å². The Morgan fingerprint density at radius 2 is 2.16 bits per heavy atom. The van der Waals surface area contributed by atoms with Crippen LogP contribution < -0.4 is 10.6 Å². The lowest BCUT2D eigenvalue weighted by Crippen LogP contribution is -2.43. The number of aliphatic hydroxyl groups is 1. The molecule has 19 heavy (non-hydrogen) atoms. The predicted molar refractivity (Wildman–Crippen MR) is 82.5 cm³/mol. The number of hydrogen-bond acceptors (Lipinski definition) is 3. The van der Waals surface area contributed by atoms with E-state index in [2.05, 4.69) is 10.6 Å². The molecule has 4 nitrogen and oxygen atoms in total. The Morgan fingerprint density at radius 1 is 1.47 bits per heavy atom. The first-order chi connectivity index (χ1) is 8.84. The van der Waals surface area contributed by atoms with Crippen molar-refractivity contribution in [2.45, 2.75) is 12.5 Å². The van der Waals surface area contributed by atoms with Crippen molar-refractivity contribution in [1.29, 1.82) is 0 Å². The Morgan fingerprint density at radius 3 is 2.74 bits per heavy atom. The zero-order valence-corrected chi connectivity index (χ0v) is 13.0. The van der Waals surface area contributed by atoms with Crippen molar-refractivity contribution in [2.75, 3.05) is 23.9 Å². The fourth-order valence-electron chi connectivity index (χ4n) is 1.39. The third-order valence-corrected chi connectivity index (χ3v) is 3.72. The SMILES string of the molecule is CSCC(C)(O)CNC(=O)Nc1ccc(Cl)cc1Cl. The van der Waals surface area contributed by atoms with Crippen LogP contribution in [0.3, 0.4) is 0 Å². The summed E-state index contributed by atoms with van der Waals surface area (Å²) in [5.41, 5.74) is -0.478. The quantitative estimate of drug-likeness (QED) is 0.780.